The summed E-state index contributed by atoms with van der Waals surface area (Å²) in [7, 11) is -2.45. The van der Waals surface area contributed by atoms with Crippen LogP contribution in [0.3, 0.4) is 0 Å². The molecule has 1 heterocycles. The summed E-state index contributed by atoms with van der Waals surface area (Å²) < 4.78 is 30.0. The summed E-state index contributed by atoms with van der Waals surface area (Å²) in [6.07, 6.45) is 2.23. The molecule has 0 radical (unpaired) electrons. The third-order valence-electron chi connectivity index (χ3n) is 2.05. The SMILES string of the molecule is COc1ccc(Cl)cc1S(=O)(=O)n1cncn1. The average Bonchev–Trinajstić information content (AvgIpc) is 2.83. The van der Waals surface area contributed by atoms with Crippen LogP contribution in [-0.2, 0) is 10.0 Å². The third-order valence-corrected chi connectivity index (χ3v) is 3.84. The standard InChI is InChI=1S/C9H8ClN3O3S/c1-16-8-3-2-7(10)4-9(8)17(14,15)13-6-11-5-12-13/h2-6H,1H3. The van der Waals surface area contributed by atoms with Gasteiger partial charge in [0.15, 0.2) is 0 Å². The molecule has 1 aromatic heterocycles. The van der Waals surface area contributed by atoms with Crippen molar-refractivity contribution in [1.29, 1.82) is 0 Å². The molecule has 0 bridgehead atoms. The molecule has 2 rings (SSSR count). The molecule has 90 valence electrons. The predicted octanol–water partition coefficient (Wildman–Crippen LogP) is 1.18. The highest BCUT2D eigenvalue weighted by molar-refractivity contribution is 7.90. The molecule has 0 saturated heterocycles. The molecule has 0 aliphatic carbocycles. The minimum absolute atomic E-state index is 0.0574. The molecule has 0 aliphatic rings. The molecule has 2 aromatic rings. The molecule has 0 N–H and O–H groups in total. The molecular formula is C9H8ClN3O3S. The van der Waals surface area contributed by atoms with Gasteiger partial charge in [0.2, 0.25) is 0 Å². The predicted molar refractivity (Wildman–Crippen MR) is 60.6 cm³/mol. The number of hydrogen-bond acceptors (Lipinski definition) is 5. The summed E-state index contributed by atoms with van der Waals surface area (Å²) in [5.41, 5.74) is 0. The zero-order chi connectivity index (χ0) is 12.5. The van der Waals surface area contributed by atoms with Crippen molar-refractivity contribution in [2.45, 2.75) is 4.90 Å². The number of hydrogen-bond donors (Lipinski definition) is 0. The third kappa shape index (κ3) is 2.11. The summed E-state index contributed by atoms with van der Waals surface area (Å²) in [4.78, 5) is 3.53. The Balaban J connectivity index is 2.65. The largest absolute Gasteiger partial charge is 0.495 e. The van der Waals surface area contributed by atoms with E-state index in [1.807, 2.05) is 0 Å². The van der Waals surface area contributed by atoms with E-state index in [0.717, 1.165) is 16.7 Å². The van der Waals surface area contributed by atoms with Crippen LogP contribution < -0.4 is 4.74 Å². The Morgan fingerprint density at radius 2 is 2.18 bits per heavy atom. The second-order valence-electron chi connectivity index (χ2n) is 3.07. The number of rotatable bonds is 3. The topological polar surface area (TPSA) is 74.1 Å². The van der Waals surface area contributed by atoms with Crippen molar-refractivity contribution in [2.24, 2.45) is 0 Å². The average molecular weight is 274 g/mol. The van der Waals surface area contributed by atoms with E-state index in [2.05, 4.69) is 10.1 Å². The molecular weight excluding hydrogens is 266 g/mol. The van der Waals surface area contributed by atoms with Crippen LogP contribution >= 0.6 is 11.6 Å². The van der Waals surface area contributed by atoms with Gasteiger partial charge in [-0.15, -0.1) is 9.19 Å². The number of aromatic nitrogens is 3. The van der Waals surface area contributed by atoms with Crippen molar-refractivity contribution in [2.75, 3.05) is 7.11 Å². The van der Waals surface area contributed by atoms with Gasteiger partial charge in [-0.25, -0.2) is 4.98 Å². The van der Waals surface area contributed by atoms with Gasteiger partial charge in [0.1, 0.15) is 23.3 Å². The lowest BCUT2D eigenvalue weighted by Gasteiger charge is -2.09. The van der Waals surface area contributed by atoms with Crippen molar-refractivity contribution in [3.63, 3.8) is 0 Å². The fourth-order valence-electron chi connectivity index (χ4n) is 1.27. The quantitative estimate of drug-likeness (QED) is 0.839. The van der Waals surface area contributed by atoms with Gasteiger partial charge in [-0.2, -0.15) is 8.42 Å². The number of halogens is 1. The Labute approximate surface area is 103 Å². The van der Waals surface area contributed by atoms with Gasteiger partial charge in [-0.3, -0.25) is 0 Å². The lowest BCUT2D eigenvalue weighted by molar-refractivity contribution is 0.402. The van der Waals surface area contributed by atoms with E-state index in [1.165, 1.54) is 19.2 Å². The van der Waals surface area contributed by atoms with E-state index in [-0.39, 0.29) is 10.6 Å². The van der Waals surface area contributed by atoms with Gasteiger partial charge in [0, 0.05) is 5.02 Å². The summed E-state index contributed by atoms with van der Waals surface area (Å²) in [6, 6.07) is 4.32. The lowest BCUT2D eigenvalue weighted by atomic mass is 10.3. The van der Waals surface area contributed by atoms with Crippen LogP contribution in [0.2, 0.25) is 5.02 Å². The highest BCUT2D eigenvalue weighted by Gasteiger charge is 2.22. The Bertz CT molecular complexity index is 625. The van der Waals surface area contributed by atoms with Crippen LogP contribution in [-0.4, -0.2) is 29.7 Å². The number of benzene rings is 1. The van der Waals surface area contributed by atoms with Crippen molar-refractivity contribution in [3.05, 3.63) is 35.9 Å². The summed E-state index contributed by atoms with van der Waals surface area (Å²) in [6.45, 7) is 0. The summed E-state index contributed by atoms with van der Waals surface area (Å²) >= 11 is 5.78. The van der Waals surface area contributed by atoms with E-state index in [1.54, 1.807) is 6.07 Å². The zero-order valence-corrected chi connectivity index (χ0v) is 10.3. The van der Waals surface area contributed by atoms with Crippen LogP contribution in [0.15, 0.2) is 35.7 Å². The highest BCUT2D eigenvalue weighted by Crippen LogP contribution is 2.28. The molecule has 0 spiro atoms. The van der Waals surface area contributed by atoms with E-state index >= 15 is 0 Å². The first-order chi connectivity index (χ1) is 8.05. The molecule has 1 aromatic carbocycles. The first-order valence-electron chi connectivity index (χ1n) is 4.49. The number of nitrogens with zero attached hydrogens (tertiary/aromatic N) is 3. The summed E-state index contributed by atoms with van der Waals surface area (Å²) in [5, 5.41) is 3.88. The van der Waals surface area contributed by atoms with Crippen molar-refractivity contribution in [3.8, 4) is 5.75 Å². The van der Waals surface area contributed by atoms with Gasteiger partial charge in [-0.1, -0.05) is 11.6 Å². The van der Waals surface area contributed by atoms with E-state index < -0.39 is 10.0 Å². The minimum Gasteiger partial charge on any atom is -0.495 e. The number of methoxy groups -OCH3 is 1. The Kier molecular flexibility index (Phi) is 3.03. The lowest BCUT2D eigenvalue weighted by Crippen LogP contribution is -2.14. The van der Waals surface area contributed by atoms with Crippen LogP contribution in [0.5, 0.6) is 5.75 Å². The molecule has 0 fully saturated rings. The minimum atomic E-state index is -3.83. The molecule has 0 amide bonds. The Morgan fingerprint density at radius 3 is 2.76 bits per heavy atom. The second-order valence-corrected chi connectivity index (χ2v) is 5.27. The molecule has 0 unspecified atom stereocenters. The fraction of sp³-hybridized carbons (Fsp3) is 0.111. The van der Waals surface area contributed by atoms with Crippen LogP contribution in [0.25, 0.3) is 0 Å². The van der Waals surface area contributed by atoms with Crippen molar-refractivity contribution < 1.29 is 13.2 Å². The van der Waals surface area contributed by atoms with E-state index in [0.29, 0.717) is 5.02 Å². The maximum Gasteiger partial charge on any atom is 0.288 e. The first-order valence-corrected chi connectivity index (χ1v) is 6.31. The highest BCUT2D eigenvalue weighted by atomic mass is 35.5. The van der Waals surface area contributed by atoms with Crippen LogP contribution in [0, 0.1) is 0 Å². The Morgan fingerprint density at radius 1 is 1.41 bits per heavy atom. The van der Waals surface area contributed by atoms with Crippen LogP contribution in [0.1, 0.15) is 0 Å². The fourth-order valence-corrected chi connectivity index (χ4v) is 2.74. The van der Waals surface area contributed by atoms with E-state index in [9.17, 15) is 8.42 Å². The smallest absolute Gasteiger partial charge is 0.288 e. The molecule has 8 heteroatoms. The Hall–Kier alpha value is -1.60. The monoisotopic (exact) mass is 273 g/mol. The summed E-state index contributed by atoms with van der Waals surface area (Å²) in [5.74, 6) is 0.199. The molecule has 0 atom stereocenters. The molecule has 0 saturated carbocycles. The normalized spacial score (nSPS) is 11.4. The molecule has 17 heavy (non-hydrogen) atoms. The zero-order valence-electron chi connectivity index (χ0n) is 8.74. The van der Waals surface area contributed by atoms with E-state index in [4.69, 9.17) is 16.3 Å². The van der Waals surface area contributed by atoms with Gasteiger partial charge in [0.25, 0.3) is 10.0 Å². The van der Waals surface area contributed by atoms with Crippen molar-refractivity contribution in [1.82, 2.24) is 14.2 Å². The first kappa shape index (κ1) is 11.9. The van der Waals surface area contributed by atoms with Crippen molar-refractivity contribution >= 4 is 21.6 Å². The number of ether oxygens (including phenoxy) is 1. The van der Waals surface area contributed by atoms with Gasteiger partial charge in [0.05, 0.1) is 7.11 Å². The van der Waals surface area contributed by atoms with Gasteiger partial charge >= 0.3 is 0 Å². The maximum absolute atomic E-state index is 12.1. The van der Waals surface area contributed by atoms with Gasteiger partial charge < -0.3 is 4.74 Å². The van der Waals surface area contributed by atoms with Gasteiger partial charge in [-0.05, 0) is 18.2 Å². The molecule has 6 nitrogen and oxygen atoms in total. The maximum atomic E-state index is 12.1. The molecule has 0 aliphatic heterocycles. The second kappa shape index (κ2) is 4.34. The van der Waals surface area contributed by atoms with Crippen LogP contribution in [0.4, 0.5) is 0 Å².